The number of carboxylic acid groups (broad SMARTS) is 1. The summed E-state index contributed by atoms with van der Waals surface area (Å²) < 4.78 is 0. The van der Waals surface area contributed by atoms with E-state index >= 15 is 0 Å². The molecule has 0 radical (unpaired) electrons. The number of hydrogen-bond acceptors (Lipinski definition) is 3. The maximum absolute atomic E-state index is 10.7. The predicted octanol–water partition coefficient (Wildman–Crippen LogP) is 1.43. The number of aliphatic hydroxyl groups is 1. The molecular formula is C13H19NO3. The van der Waals surface area contributed by atoms with Crippen LogP contribution in [-0.2, 0) is 10.2 Å². The quantitative estimate of drug-likeness (QED) is 0.742. The highest BCUT2D eigenvalue weighted by Gasteiger charge is 2.24. The van der Waals surface area contributed by atoms with E-state index in [1.807, 2.05) is 6.07 Å². The topological polar surface area (TPSA) is 83.5 Å². The lowest BCUT2D eigenvalue weighted by Crippen LogP contribution is -2.36. The van der Waals surface area contributed by atoms with Crippen molar-refractivity contribution in [1.29, 1.82) is 0 Å². The van der Waals surface area contributed by atoms with Crippen LogP contribution in [0.25, 0.3) is 0 Å². The number of carbonyl (C=O) groups is 1. The number of benzene rings is 1. The molecule has 4 N–H and O–H groups in total. The lowest BCUT2D eigenvalue weighted by molar-refractivity contribution is -0.141. The van der Waals surface area contributed by atoms with Crippen LogP contribution >= 0.6 is 0 Å². The standard InChI is InChI=1S/C13H19NO3/c1-13(2,3)9-6-4-5-8(7-9)11(15)10(14)12(16)17/h4-7,10-11,15H,14H2,1-3H3,(H,16,17). The van der Waals surface area contributed by atoms with Gasteiger partial charge in [-0.2, -0.15) is 0 Å². The van der Waals surface area contributed by atoms with Crippen LogP contribution in [0.2, 0.25) is 0 Å². The summed E-state index contributed by atoms with van der Waals surface area (Å²) in [6.45, 7) is 6.15. The minimum Gasteiger partial charge on any atom is -0.480 e. The fourth-order valence-electron chi connectivity index (χ4n) is 1.53. The Morgan fingerprint density at radius 1 is 1.35 bits per heavy atom. The molecule has 4 heteroatoms. The van der Waals surface area contributed by atoms with Crippen LogP contribution < -0.4 is 5.73 Å². The van der Waals surface area contributed by atoms with Crippen LogP contribution in [0.5, 0.6) is 0 Å². The van der Waals surface area contributed by atoms with Crippen molar-refractivity contribution < 1.29 is 15.0 Å². The van der Waals surface area contributed by atoms with E-state index in [1.54, 1.807) is 18.2 Å². The van der Waals surface area contributed by atoms with Gasteiger partial charge in [0.05, 0.1) is 0 Å². The molecule has 4 nitrogen and oxygen atoms in total. The monoisotopic (exact) mass is 237 g/mol. The van der Waals surface area contributed by atoms with Crippen molar-refractivity contribution in [2.24, 2.45) is 5.73 Å². The summed E-state index contributed by atoms with van der Waals surface area (Å²) in [5.74, 6) is -1.21. The first kappa shape index (κ1) is 13.7. The Kier molecular flexibility index (Phi) is 3.91. The molecule has 0 aromatic heterocycles. The minimum atomic E-state index is -1.30. The highest BCUT2D eigenvalue weighted by atomic mass is 16.4. The second-order valence-corrected chi connectivity index (χ2v) is 5.18. The van der Waals surface area contributed by atoms with Gasteiger partial charge in [-0.3, -0.25) is 4.79 Å². The zero-order valence-corrected chi connectivity index (χ0v) is 10.3. The number of rotatable bonds is 3. The highest BCUT2D eigenvalue weighted by Crippen LogP contribution is 2.25. The number of nitrogens with two attached hydrogens (primary N) is 1. The average molecular weight is 237 g/mol. The third-order valence-electron chi connectivity index (χ3n) is 2.72. The number of hydrogen-bond donors (Lipinski definition) is 3. The zero-order chi connectivity index (χ0) is 13.2. The van der Waals surface area contributed by atoms with Crippen molar-refractivity contribution in [1.82, 2.24) is 0 Å². The number of aliphatic carboxylic acids is 1. The molecule has 1 aromatic rings. The van der Waals surface area contributed by atoms with E-state index in [0.29, 0.717) is 5.56 Å². The Labute approximate surface area is 101 Å². The van der Waals surface area contributed by atoms with Gasteiger partial charge in [0.25, 0.3) is 0 Å². The Morgan fingerprint density at radius 2 is 1.94 bits per heavy atom. The molecule has 0 saturated carbocycles. The molecule has 0 heterocycles. The van der Waals surface area contributed by atoms with Gasteiger partial charge in [-0.15, -0.1) is 0 Å². The van der Waals surface area contributed by atoms with Gasteiger partial charge in [-0.1, -0.05) is 45.0 Å². The molecule has 0 bridgehead atoms. The molecule has 94 valence electrons. The van der Waals surface area contributed by atoms with Gasteiger partial charge in [0.15, 0.2) is 0 Å². The molecule has 17 heavy (non-hydrogen) atoms. The van der Waals surface area contributed by atoms with Gasteiger partial charge in [0.1, 0.15) is 12.1 Å². The number of carboxylic acids is 1. The first-order valence-corrected chi connectivity index (χ1v) is 5.50. The minimum absolute atomic E-state index is 0.0525. The molecule has 0 fully saturated rings. The average Bonchev–Trinajstić information content (AvgIpc) is 2.26. The first-order chi connectivity index (χ1) is 7.73. The van der Waals surface area contributed by atoms with Crippen LogP contribution in [0.1, 0.15) is 38.0 Å². The highest BCUT2D eigenvalue weighted by molar-refractivity contribution is 5.74. The zero-order valence-electron chi connectivity index (χ0n) is 10.3. The molecule has 0 amide bonds. The molecular weight excluding hydrogens is 218 g/mol. The molecule has 0 aliphatic rings. The van der Waals surface area contributed by atoms with Crippen LogP contribution in [0.4, 0.5) is 0 Å². The first-order valence-electron chi connectivity index (χ1n) is 5.50. The summed E-state index contributed by atoms with van der Waals surface area (Å²) in [4.78, 5) is 10.7. The van der Waals surface area contributed by atoms with Crippen molar-refractivity contribution in [3.63, 3.8) is 0 Å². The van der Waals surface area contributed by atoms with Crippen LogP contribution in [0.15, 0.2) is 24.3 Å². The summed E-state index contributed by atoms with van der Waals surface area (Å²) in [5.41, 5.74) is 6.92. The summed E-state index contributed by atoms with van der Waals surface area (Å²) >= 11 is 0. The molecule has 1 rings (SSSR count). The van der Waals surface area contributed by atoms with E-state index in [0.717, 1.165) is 5.56 Å². The molecule has 2 unspecified atom stereocenters. The van der Waals surface area contributed by atoms with E-state index in [1.165, 1.54) is 0 Å². The third kappa shape index (κ3) is 3.28. The van der Waals surface area contributed by atoms with Crippen LogP contribution in [0.3, 0.4) is 0 Å². The van der Waals surface area contributed by atoms with Crippen LogP contribution in [0, 0.1) is 0 Å². The molecule has 0 saturated heterocycles. The summed E-state index contributed by atoms with van der Waals surface area (Å²) in [5, 5.41) is 18.6. The largest absolute Gasteiger partial charge is 0.480 e. The smallest absolute Gasteiger partial charge is 0.323 e. The molecule has 0 aliphatic carbocycles. The normalized spacial score (nSPS) is 15.4. The van der Waals surface area contributed by atoms with E-state index in [2.05, 4.69) is 20.8 Å². The van der Waals surface area contributed by atoms with Crippen molar-refractivity contribution in [3.8, 4) is 0 Å². The predicted molar refractivity (Wildman–Crippen MR) is 65.7 cm³/mol. The van der Waals surface area contributed by atoms with E-state index in [-0.39, 0.29) is 5.41 Å². The fourth-order valence-corrected chi connectivity index (χ4v) is 1.53. The second-order valence-electron chi connectivity index (χ2n) is 5.18. The summed E-state index contributed by atoms with van der Waals surface area (Å²) in [7, 11) is 0. The SMILES string of the molecule is CC(C)(C)c1cccc(C(O)C(N)C(=O)O)c1. The summed E-state index contributed by atoms with van der Waals surface area (Å²) in [6, 6.07) is 5.93. The van der Waals surface area contributed by atoms with Crippen molar-refractivity contribution in [2.75, 3.05) is 0 Å². The van der Waals surface area contributed by atoms with Gasteiger partial charge in [-0.05, 0) is 16.5 Å². The lowest BCUT2D eigenvalue weighted by Gasteiger charge is -2.22. The molecule has 0 spiro atoms. The summed E-state index contributed by atoms with van der Waals surface area (Å²) in [6.07, 6.45) is -1.19. The van der Waals surface area contributed by atoms with Crippen molar-refractivity contribution >= 4 is 5.97 Å². The van der Waals surface area contributed by atoms with Gasteiger partial charge in [0.2, 0.25) is 0 Å². The van der Waals surface area contributed by atoms with Crippen molar-refractivity contribution in [2.45, 2.75) is 38.3 Å². The third-order valence-corrected chi connectivity index (χ3v) is 2.72. The second kappa shape index (κ2) is 4.85. The Balaban J connectivity index is 3.04. The molecule has 1 aromatic carbocycles. The van der Waals surface area contributed by atoms with Gasteiger partial charge in [0, 0.05) is 0 Å². The Morgan fingerprint density at radius 3 is 2.41 bits per heavy atom. The van der Waals surface area contributed by atoms with E-state index < -0.39 is 18.1 Å². The lowest BCUT2D eigenvalue weighted by atomic mass is 9.85. The van der Waals surface area contributed by atoms with Gasteiger partial charge in [-0.25, -0.2) is 0 Å². The fraction of sp³-hybridized carbons (Fsp3) is 0.462. The van der Waals surface area contributed by atoms with Crippen molar-refractivity contribution in [3.05, 3.63) is 35.4 Å². The maximum atomic E-state index is 10.7. The van der Waals surface area contributed by atoms with Crippen LogP contribution in [-0.4, -0.2) is 22.2 Å². The molecule has 2 atom stereocenters. The Hall–Kier alpha value is -1.39. The number of aliphatic hydroxyl groups excluding tert-OH is 1. The Bertz CT molecular complexity index is 409. The maximum Gasteiger partial charge on any atom is 0.323 e. The van der Waals surface area contributed by atoms with E-state index in [9.17, 15) is 9.90 Å². The molecule has 0 aliphatic heterocycles. The van der Waals surface area contributed by atoms with E-state index in [4.69, 9.17) is 10.8 Å². The van der Waals surface area contributed by atoms with Gasteiger partial charge < -0.3 is 15.9 Å². The van der Waals surface area contributed by atoms with Gasteiger partial charge >= 0.3 is 5.97 Å².